The molecule has 0 saturated heterocycles. The fourth-order valence-corrected chi connectivity index (χ4v) is 3.55. The van der Waals surface area contributed by atoms with Gasteiger partial charge in [-0.25, -0.2) is 0 Å². The van der Waals surface area contributed by atoms with Gasteiger partial charge in [-0.2, -0.15) is 0 Å². The molecule has 1 unspecified atom stereocenters. The number of esters is 1. The van der Waals surface area contributed by atoms with Crippen LogP contribution in [0, 0.1) is 5.92 Å². The third-order valence-corrected chi connectivity index (χ3v) is 4.96. The van der Waals surface area contributed by atoms with Gasteiger partial charge in [-0.1, -0.05) is 30.3 Å². The number of carbonyl (C=O) groups is 1. The van der Waals surface area contributed by atoms with E-state index in [-0.39, 0.29) is 5.97 Å². The van der Waals surface area contributed by atoms with E-state index in [2.05, 4.69) is 17.0 Å². The molecule has 1 N–H and O–H groups in total. The van der Waals surface area contributed by atoms with Crippen molar-refractivity contribution in [2.24, 2.45) is 5.92 Å². The van der Waals surface area contributed by atoms with Crippen LogP contribution in [0.25, 0.3) is 0 Å². The van der Waals surface area contributed by atoms with E-state index in [4.69, 9.17) is 4.74 Å². The lowest BCUT2D eigenvalue weighted by molar-refractivity contribution is -0.141. The Morgan fingerprint density at radius 3 is 2.48 bits per heavy atom. The summed E-state index contributed by atoms with van der Waals surface area (Å²) in [7, 11) is 1.45. The number of rotatable bonds is 7. The van der Waals surface area contributed by atoms with Crippen LogP contribution in [0.5, 0.6) is 0 Å². The standard InChI is InChI=1S/C19H29NO3/c1-15(21)20(14-17-6-4-3-5-7-17)18-11-8-16(9-12-18)10-13-19(22)23-2/h3-7,15-16,18,21H,8-14H2,1-2H3. The van der Waals surface area contributed by atoms with Crippen LogP contribution >= 0.6 is 0 Å². The maximum absolute atomic E-state index is 11.3. The molecule has 1 saturated carbocycles. The average Bonchev–Trinajstić information content (AvgIpc) is 2.58. The van der Waals surface area contributed by atoms with Crippen molar-refractivity contribution in [3.8, 4) is 0 Å². The Balaban J connectivity index is 1.84. The summed E-state index contributed by atoms with van der Waals surface area (Å²) in [6.45, 7) is 2.64. The zero-order valence-electron chi connectivity index (χ0n) is 14.3. The quantitative estimate of drug-likeness (QED) is 0.618. The molecule has 1 aromatic carbocycles. The molecule has 128 valence electrons. The molecule has 0 bridgehead atoms. The number of aliphatic hydroxyl groups excluding tert-OH is 1. The maximum atomic E-state index is 11.3. The molecule has 23 heavy (non-hydrogen) atoms. The monoisotopic (exact) mass is 319 g/mol. The van der Waals surface area contributed by atoms with E-state index in [9.17, 15) is 9.90 Å². The van der Waals surface area contributed by atoms with Gasteiger partial charge in [0.2, 0.25) is 0 Å². The molecule has 1 atom stereocenters. The number of ether oxygens (including phenoxy) is 1. The van der Waals surface area contributed by atoms with Crippen molar-refractivity contribution >= 4 is 5.97 Å². The first kappa shape index (κ1) is 18.0. The summed E-state index contributed by atoms with van der Waals surface area (Å²) in [4.78, 5) is 13.5. The maximum Gasteiger partial charge on any atom is 0.305 e. The van der Waals surface area contributed by atoms with Crippen molar-refractivity contribution in [1.82, 2.24) is 4.90 Å². The first-order chi connectivity index (χ1) is 11.1. The zero-order valence-corrected chi connectivity index (χ0v) is 14.3. The molecule has 1 aromatic rings. The van der Waals surface area contributed by atoms with Crippen LogP contribution in [0.15, 0.2) is 30.3 Å². The highest BCUT2D eigenvalue weighted by molar-refractivity contribution is 5.69. The Morgan fingerprint density at radius 2 is 1.91 bits per heavy atom. The number of hydrogen-bond donors (Lipinski definition) is 1. The highest BCUT2D eigenvalue weighted by Gasteiger charge is 2.28. The lowest BCUT2D eigenvalue weighted by Gasteiger charge is -2.38. The highest BCUT2D eigenvalue weighted by atomic mass is 16.5. The Hall–Kier alpha value is -1.39. The van der Waals surface area contributed by atoms with Crippen molar-refractivity contribution < 1.29 is 14.6 Å². The van der Waals surface area contributed by atoms with E-state index in [0.29, 0.717) is 18.4 Å². The van der Waals surface area contributed by atoms with E-state index in [1.807, 2.05) is 25.1 Å². The van der Waals surface area contributed by atoms with Gasteiger partial charge in [0, 0.05) is 19.0 Å². The molecule has 1 aliphatic carbocycles. The second-order valence-corrected chi connectivity index (χ2v) is 6.58. The van der Waals surface area contributed by atoms with Crippen LogP contribution in [0.2, 0.25) is 0 Å². The molecule has 0 aliphatic heterocycles. The Kier molecular flexibility index (Phi) is 7.06. The van der Waals surface area contributed by atoms with E-state index in [1.165, 1.54) is 12.7 Å². The van der Waals surface area contributed by atoms with E-state index in [1.54, 1.807) is 0 Å². The lowest BCUT2D eigenvalue weighted by atomic mass is 9.82. The van der Waals surface area contributed by atoms with Crippen molar-refractivity contribution in [3.05, 3.63) is 35.9 Å². The molecule has 0 heterocycles. The third-order valence-electron chi connectivity index (χ3n) is 4.96. The molecule has 4 nitrogen and oxygen atoms in total. The summed E-state index contributed by atoms with van der Waals surface area (Å²) in [6.07, 6.45) is 5.43. The number of methoxy groups -OCH3 is 1. The van der Waals surface area contributed by atoms with Crippen LogP contribution in [-0.4, -0.2) is 35.4 Å². The molecule has 1 fully saturated rings. The Morgan fingerprint density at radius 1 is 1.26 bits per heavy atom. The lowest BCUT2D eigenvalue weighted by Crippen LogP contribution is -2.43. The number of nitrogens with zero attached hydrogens (tertiary/aromatic N) is 1. The van der Waals surface area contributed by atoms with Gasteiger partial charge in [0.15, 0.2) is 0 Å². The molecule has 2 rings (SSSR count). The number of aliphatic hydroxyl groups is 1. The van der Waals surface area contributed by atoms with Gasteiger partial charge in [0.25, 0.3) is 0 Å². The predicted octanol–water partition coefficient (Wildman–Crippen LogP) is 3.34. The summed E-state index contributed by atoms with van der Waals surface area (Å²) in [5, 5.41) is 10.2. The Labute approximate surface area is 139 Å². The third kappa shape index (κ3) is 5.63. The van der Waals surface area contributed by atoms with Crippen molar-refractivity contribution in [3.63, 3.8) is 0 Å². The van der Waals surface area contributed by atoms with Crippen molar-refractivity contribution in [2.75, 3.05) is 7.11 Å². The molecule has 4 heteroatoms. The van der Waals surface area contributed by atoms with E-state index in [0.717, 1.165) is 38.6 Å². The zero-order chi connectivity index (χ0) is 16.7. The topological polar surface area (TPSA) is 49.8 Å². The van der Waals surface area contributed by atoms with Gasteiger partial charge >= 0.3 is 5.97 Å². The molecule has 1 aliphatic rings. The molecule has 0 aromatic heterocycles. The van der Waals surface area contributed by atoms with Gasteiger partial charge in [-0.05, 0) is 50.5 Å². The highest BCUT2D eigenvalue weighted by Crippen LogP contribution is 2.32. The first-order valence-electron chi connectivity index (χ1n) is 8.64. The minimum Gasteiger partial charge on any atom is -0.469 e. The Bertz CT molecular complexity index is 467. The SMILES string of the molecule is COC(=O)CCC1CCC(N(Cc2ccccc2)C(C)O)CC1. The van der Waals surface area contributed by atoms with E-state index < -0.39 is 6.23 Å². The van der Waals surface area contributed by atoms with Crippen LogP contribution < -0.4 is 0 Å². The number of benzene rings is 1. The van der Waals surface area contributed by atoms with Crippen LogP contribution in [0.3, 0.4) is 0 Å². The summed E-state index contributed by atoms with van der Waals surface area (Å²) >= 11 is 0. The summed E-state index contributed by atoms with van der Waals surface area (Å²) < 4.78 is 4.72. The largest absolute Gasteiger partial charge is 0.469 e. The average molecular weight is 319 g/mol. The van der Waals surface area contributed by atoms with Gasteiger partial charge < -0.3 is 9.84 Å². The fraction of sp³-hybridized carbons (Fsp3) is 0.632. The summed E-state index contributed by atoms with van der Waals surface area (Å²) in [6, 6.07) is 10.7. The van der Waals surface area contributed by atoms with Gasteiger partial charge in [-0.3, -0.25) is 9.69 Å². The summed E-state index contributed by atoms with van der Waals surface area (Å²) in [5.74, 6) is 0.500. The second kappa shape index (κ2) is 9.04. The first-order valence-corrected chi connectivity index (χ1v) is 8.64. The van der Waals surface area contributed by atoms with Crippen LogP contribution in [0.1, 0.15) is 51.0 Å². The van der Waals surface area contributed by atoms with Gasteiger partial charge in [-0.15, -0.1) is 0 Å². The fourth-order valence-electron chi connectivity index (χ4n) is 3.55. The van der Waals surface area contributed by atoms with Crippen molar-refractivity contribution in [2.45, 2.75) is 64.3 Å². The number of carbonyl (C=O) groups excluding carboxylic acids is 1. The smallest absolute Gasteiger partial charge is 0.305 e. The van der Waals surface area contributed by atoms with Crippen LogP contribution in [0.4, 0.5) is 0 Å². The molecule has 0 amide bonds. The second-order valence-electron chi connectivity index (χ2n) is 6.58. The van der Waals surface area contributed by atoms with Gasteiger partial charge in [0.05, 0.1) is 7.11 Å². The predicted molar refractivity (Wildman–Crippen MR) is 90.7 cm³/mol. The number of hydrogen-bond acceptors (Lipinski definition) is 4. The van der Waals surface area contributed by atoms with Crippen molar-refractivity contribution in [1.29, 1.82) is 0 Å². The van der Waals surface area contributed by atoms with Crippen LogP contribution in [-0.2, 0) is 16.1 Å². The molecular formula is C19H29NO3. The summed E-state index contributed by atoms with van der Waals surface area (Å²) in [5.41, 5.74) is 1.24. The minimum absolute atomic E-state index is 0.109. The minimum atomic E-state index is -0.438. The molecular weight excluding hydrogens is 290 g/mol. The molecule has 0 radical (unpaired) electrons. The normalized spacial score (nSPS) is 22.8. The molecule has 0 spiro atoms. The van der Waals surface area contributed by atoms with Gasteiger partial charge in [0.1, 0.15) is 6.23 Å². The van der Waals surface area contributed by atoms with E-state index >= 15 is 0 Å².